The summed E-state index contributed by atoms with van der Waals surface area (Å²) in [7, 11) is 0. The standard InChI is InChI=1S/C13H10BrF2N5O3/c14-7-2-5(15)1-6(10(7)16)12(23)20-8-3-19-21-11(8)13(24)18-4-9(17)22/h1-3H,4H2,(H2,17,22)(H,18,24)(H,19,21)(H,20,23). The topological polar surface area (TPSA) is 130 Å². The third-order valence-electron chi connectivity index (χ3n) is 2.78. The van der Waals surface area contributed by atoms with Gasteiger partial charge in [-0.25, -0.2) is 8.78 Å². The predicted molar refractivity (Wildman–Crippen MR) is 82.1 cm³/mol. The van der Waals surface area contributed by atoms with Gasteiger partial charge < -0.3 is 16.4 Å². The van der Waals surface area contributed by atoms with Gasteiger partial charge in [-0.1, -0.05) is 0 Å². The van der Waals surface area contributed by atoms with E-state index in [1.54, 1.807) is 0 Å². The zero-order valence-electron chi connectivity index (χ0n) is 11.8. The first-order valence-corrected chi connectivity index (χ1v) is 7.14. The van der Waals surface area contributed by atoms with Gasteiger partial charge in [0.25, 0.3) is 11.8 Å². The van der Waals surface area contributed by atoms with E-state index in [9.17, 15) is 23.2 Å². The molecular formula is C13H10BrF2N5O3. The second-order valence-electron chi connectivity index (χ2n) is 4.51. The van der Waals surface area contributed by atoms with Crippen molar-refractivity contribution in [1.82, 2.24) is 15.5 Å². The van der Waals surface area contributed by atoms with E-state index in [0.29, 0.717) is 6.07 Å². The van der Waals surface area contributed by atoms with Crippen LogP contribution >= 0.6 is 15.9 Å². The Hall–Kier alpha value is -2.82. The summed E-state index contributed by atoms with van der Waals surface area (Å²) in [4.78, 5) is 34.6. The van der Waals surface area contributed by atoms with Crippen LogP contribution < -0.4 is 16.4 Å². The lowest BCUT2D eigenvalue weighted by Crippen LogP contribution is -2.34. The fourth-order valence-corrected chi connectivity index (χ4v) is 2.15. The second kappa shape index (κ2) is 7.17. The molecule has 0 spiro atoms. The number of aromatic amines is 1. The minimum Gasteiger partial charge on any atom is -0.368 e. The number of nitrogens with two attached hydrogens (primary N) is 1. The van der Waals surface area contributed by atoms with Crippen LogP contribution in [0.5, 0.6) is 0 Å². The first-order valence-electron chi connectivity index (χ1n) is 6.35. The van der Waals surface area contributed by atoms with E-state index in [1.807, 2.05) is 0 Å². The van der Waals surface area contributed by atoms with Crippen LogP contribution in [0.15, 0.2) is 22.8 Å². The van der Waals surface area contributed by atoms with Gasteiger partial charge in [-0.3, -0.25) is 19.5 Å². The Balaban J connectivity index is 2.21. The van der Waals surface area contributed by atoms with E-state index in [2.05, 4.69) is 36.8 Å². The van der Waals surface area contributed by atoms with Crippen molar-refractivity contribution in [3.8, 4) is 0 Å². The molecule has 1 heterocycles. The largest absolute Gasteiger partial charge is 0.368 e. The Bertz CT molecular complexity index is 824. The molecule has 2 rings (SSSR count). The lowest BCUT2D eigenvalue weighted by atomic mass is 10.2. The fraction of sp³-hybridized carbons (Fsp3) is 0.0769. The lowest BCUT2D eigenvalue weighted by Gasteiger charge is -2.08. The van der Waals surface area contributed by atoms with Crippen LogP contribution in [-0.4, -0.2) is 34.5 Å². The number of anilines is 1. The minimum absolute atomic E-state index is 0.0817. The minimum atomic E-state index is -0.988. The molecule has 5 N–H and O–H groups in total. The number of hydrogen-bond acceptors (Lipinski definition) is 4. The van der Waals surface area contributed by atoms with E-state index in [4.69, 9.17) is 5.73 Å². The van der Waals surface area contributed by atoms with Gasteiger partial charge in [-0.2, -0.15) is 5.10 Å². The van der Waals surface area contributed by atoms with Gasteiger partial charge in [0.15, 0.2) is 0 Å². The molecule has 0 aliphatic carbocycles. The molecule has 0 radical (unpaired) electrons. The first kappa shape index (κ1) is 17.5. The Morgan fingerprint density at radius 2 is 1.96 bits per heavy atom. The molecule has 0 aliphatic heterocycles. The summed E-state index contributed by atoms with van der Waals surface area (Å²) in [6.07, 6.45) is 1.10. The van der Waals surface area contributed by atoms with Crippen LogP contribution in [0.1, 0.15) is 20.8 Å². The van der Waals surface area contributed by atoms with Gasteiger partial charge in [0.1, 0.15) is 17.3 Å². The highest BCUT2D eigenvalue weighted by molar-refractivity contribution is 9.10. The number of H-pyrrole nitrogens is 1. The van der Waals surface area contributed by atoms with Crippen molar-refractivity contribution < 1.29 is 23.2 Å². The molecule has 8 nitrogen and oxygen atoms in total. The molecule has 0 unspecified atom stereocenters. The second-order valence-corrected chi connectivity index (χ2v) is 5.37. The normalized spacial score (nSPS) is 10.3. The number of nitrogens with zero attached hydrogens (tertiary/aromatic N) is 1. The highest BCUT2D eigenvalue weighted by Gasteiger charge is 2.20. The van der Waals surface area contributed by atoms with Gasteiger partial charge in [0.05, 0.1) is 28.5 Å². The van der Waals surface area contributed by atoms with Crippen molar-refractivity contribution in [1.29, 1.82) is 0 Å². The maximum absolute atomic E-state index is 13.9. The third-order valence-corrected chi connectivity index (χ3v) is 3.35. The average Bonchev–Trinajstić information content (AvgIpc) is 2.96. The van der Waals surface area contributed by atoms with Crippen LogP contribution in [0.25, 0.3) is 0 Å². The van der Waals surface area contributed by atoms with E-state index < -0.39 is 41.5 Å². The maximum Gasteiger partial charge on any atom is 0.271 e. The highest BCUT2D eigenvalue weighted by atomic mass is 79.9. The van der Waals surface area contributed by atoms with Crippen molar-refractivity contribution in [3.63, 3.8) is 0 Å². The Kier molecular flexibility index (Phi) is 5.24. The third kappa shape index (κ3) is 3.93. The zero-order chi connectivity index (χ0) is 17.9. The quantitative estimate of drug-likeness (QED) is 0.554. The number of carbonyl (C=O) groups excluding carboxylic acids is 3. The van der Waals surface area contributed by atoms with E-state index in [1.165, 1.54) is 0 Å². The number of hydrogen-bond donors (Lipinski definition) is 4. The summed E-state index contributed by atoms with van der Waals surface area (Å²) in [5.74, 6) is -4.29. The number of rotatable bonds is 5. The molecule has 0 bridgehead atoms. The van der Waals surface area contributed by atoms with Crippen molar-refractivity contribution in [2.45, 2.75) is 0 Å². The van der Waals surface area contributed by atoms with Crippen molar-refractivity contribution >= 4 is 39.3 Å². The molecule has 2 aromatic rings. The molecule has 126 valence electrons. The summed E-state index contributed by atoms with van der Waals surface area (Å²) in [5, 5.41) is 10.3. The maximum atomic E-state index is 13.9. The Morgan fingerprint density at radius 1 is 1.25 bits per heavy atom. The van der Waals surface area contributed by atoms with E-state index in [0.717, 1.165) is 12.3 Å². The summed E-state index contributed by atoms with van der Waals surface area (Å²) < 4.78 is 27.0. The molecule has 11 heteroatoms. The molecule has 0 aliphatic rings. The predicted octanol–water partition coefficient (Wildman–Crippen LogP) is 0.918. The number of carbonyl (C=O) groups is 3. The smallest absolute Gasteiger partial charge is 0.271 e. The molecule has 3 amide bonds. The number of primary amides is 1. The van der Waals surface area contributed by atoms with Crippen LogP contribution in [0.2, 0.25) is 0 Å². The van der Waals surface area contributed by atoms with Gasteiger partial charge in [0.2, 0.25) is 5.91 Å². The molecule has 0 saturated carbocycles. The van der Waals surface area contributed by atoms with Gasteiger partial charge >= 0.3 is 0 Å². The molecule has 1 aromatic carbocycles. The summed E-state index contributed by atoms with van der Waals surface area (Å²) in [5.41, 5.74) is 4.08. The molecule has 0 atom stereocenters. The molecular weight excluding hydrogens is 392 g/mol. The van der Waals surface area contributed by atoms with Crippen molar-refractivity contribution in [2.24, 2.45) is 5.73 Å². The SMILES string of the molecule is NC(=O)CNC(=O)c1[nH]ncc1NC(=O)c1cc(F)cc(Br)c1F. The van der Waals surface area contributed by atoms with Gasteiger partial charge in [0, 0.05) is 0 Å². The lowest BCUT2D eigenvalue weighted by molar-refractivity contribution is -0.117. The summed E-state index contributed by atoms with van der Waals surface area (Å²) in [6, 6.07) is 1.58. The van der Waals surface area contributed by atoms with Crippen LogP contribution in [-0.2, 0) is 4.79 Å². The highest BCUT2D eigenvalue weighted by Crippen LogP contribution is 2.22. The monoisotopic (exact) mass is 401 g/mol. The number of nitrogens with one attached hydrogen (secondary N) is 3. The molecule has 0 fully saturated rings. The van der Waals surface area contributed by atoms with Crippen LogP contribution in [0.3, 0.4) is 0 Å². The van der Waals surface area contributed by atoms with Crippen LogP contribution in [0.4, 0.5) is 14.5 Å². The van der Waals surface area contributed by atoms with Crippen molar-refractivity contribution in [3.05, 3.63) is 45.7 Å². The van der Waals surface area contributed by atoms with E-state index >= 15 is 0 Å². The van der Waals surface area contributed by atoms with Gasteiger partial charge in [-0.05, 0) is 28.1 Å². The summed E-state index contributed by atoms with van der Waals surface area (Å²) in [6.45, 7) is -0.420. The fourth-order valence-electron chi connectivity index (χ4n) is 1.72. The van der Waals surface area contributed by atoms with Crippen LogP contribution in [0, 0.1) is 11.6 Å². The van der Waals surface area contributed by atoms with Gasteiger partial charge in [-0.15, -0.1) is 0 Å². The van der Waals surface area contributed by atoms with Crippen molar-refractivity contribution in [2.75, 3.05) is 11.9 Å². The number of halogens is 3. The summed E-state index contributed by atoms with van der Waals surface area (Å²) >= 11 is 2.79. The molecule has 24 heavy (non-hydrogen) atoms. The average molecular weight is 402 g/mol. The zero-order valence-corrected chi connectivity index (χ0v) is 13.4. The molecule has 1 aromatic heterocycles. The number of amides is 3. The first-order chi connectivity index (χ1) is 11.3. The Morgan fingerprint density at radius 3 is 2.62 bits per heavy atom. The Labute approximate surface area is 141 Å². The number of benzene rings is 1. The number of aromatic nitrogens is 2. The van der Waals surface area contributed by atoms with E-state index in [-0.39, 0.29) is 15.9 Å². The molecule has 0 saturated heterocycles.